The van der Waals surface area contributed by atoms with Gasteiger partial charge in [0.05, 0.1) is 11.5 Å². The smallest absolute Gasteiger partial charge is 0.240 e. The fraction of sp³-hybridized carbons (Fsp3) is 0.467. The second-order valence-electron chi connectivity index (χ2n) is 4.79. The largest absolute Gasteiger partial charge is 0.395 e. The van der Waals surface area contributed by atoms with E-state index >= 15 is 0 Å². The molecule has 0 saturated carbocycles. The molecule has 0 spiro atoms. The molecule has 0 radical (unpaired) electrons. The summed E-state index contributed by atoms with van der Waals surface area (Å²) in [6.07, 6.45) is 2.66. The molecule has 1 heterocycles. The lowest BCUT2D eigenvalue weighted by atomic mass is 10.2. The molecule has 0 aliphatic carbocycles. The number of benzene rings is 1. The summed E-state index contributed by atoms with van der Waals surface area (Å²) >= 11 is 1.83. The summed E-state index contributed by atoms with van der Waals surface area (Å²) in [6.45, 7) is 0.521. The summed E-state index contributed by atoms with van der Waals surface area (Å²) in [7, 11) is -3.44. The van der Waals surface area contributed by atoms with Crippen LogP contribution in [0, 0.1) is 11.8 Å². The maximum atomic E-state index is 12.2. The molecule has 1 aliphatic heterocycles. The van der Waals surface area contributed by atoms with Crippen molar-refractivity contribution in [3.63, 3.8) is 0 Å². The van der Waals surface area contributed by atoms with Crippen molar-refractivity contribution in [2.24, 2.45) is 0 Å². The highest BCUT2D eigenvalue weighted by atomic mass is 32.2. The Bertz CT molecular complexity index is 609. The average Bonchev–Trinajstić information content (AvgIpc) is 3.00. The van der Waals surface area contributed by atoms with Gasteiger partial charge in [-0.2, -0.15) is 11.8 Å². The molecule has 2 rings (SSSR count). The van der Waals surface area contributed by atoms with E-state index < -0.39 is 10.0 Å². The van der Waals surface area contributed by atoms with Gasteiger partial charge in [-0.15, -0.1) is 0 Å². The summed E-state index contributed by atoms with van der Waals surface area (Å²) in [6, 6.07) is 6.49. The Kier molecular flexibility index (Phi) is 6.12. The molecule has 1 atom stereocenters. The summed E-state index contributed by atoms with van der Waals surface area (Å²) in [5, 5.41) is 9.04. The number of aliphatic hydroxyl groups is 1. The first-order valence-electron chi connectivity index (χ1n) is 6.93. The molecular weight excluding hydrogens is 306 g/mol. The molecule has 0 aromatic heterocycles. The van der Waals surface area contributed by atoms with Crippen molar-refractivity contribution in [2.45, 2.75) is 29.4 Å². The lowest BCUT2D eigenvalue weighted by Gasteiger charge is -2.10. The van der Waals surface area contributed by atoms with Crippen molar-refractivity contribution < 1.29 is 13.5 Å². The molecule has 0 amide bonds. The third-order valence-electron chi connectivity index (χ3n) is 3.16. The minimum absolute atomic E-state index is 0.0303. The maximum Gasteiger partial charge on any atom is 0.240 e. The van der Waals surface area contributed by atoms with Gasteiger partial charge < -0.3 is 5.11 Å². The number of aliphatic hydroxyl groups excluding tert-OH is 1. The van der Waals surface area contributed by atoms with Crippen molar-refractivity contribution in [2.75, 3.05) is 18.9 Å². The fourth-order valence-electron chi connectivity index (χ4n) is 2.03. The Morgan fingerprint density at radius 2 is 2.10 bits per heavy atom. The van der Waals surface area contributed by atoms with Crippen LogP contribution in [0.3, 0.4) is 0 Å². The van der Waals surface area contributed by atoms with Crippen molar-refractivity contribution in [1.29, 1.82) is 0 Å². The first-order valence-corrected chi connectivity index (χ1v) is 9.46. The van der Waals surface area contributed by atoms with Gasteiger partial charge in [0.15, 0.2) is 0 Å². The third kappa shape index (κ3) is 5.04. The molecular formula is C15H19NO3S2. The SMILES string of the molecule is O=S(=O)(NCC1CCCS1)c1ccc(C#CCCO)cc1. The van der Waals surface area contributed by atoms with Gasteiger partial charge in [-0.25, -0.2) is 13.1 Å². The van der Waals surface area contributed by atoms with E-state index in [0.29, 0.717) is 18.2 Å². The Balaban J connectivity index is 1.98. The first kappa shape index (κ1) is 16.4. The van der Waals surface area contributed by atoms with E-state index in [1.807, 2.05) is 11.8 Å². The summed E-state index contributed by atoms with van der Waals surface area (Å²) in [4.78, 5) is 0.262. The zero-order chi connectivity index (χ0) is 15.1. The lowest BCUT2D eigenvalue weighted by molar-refractivity contribution is 0.305. The van der Waals surface area contributed by atoms with E-state index in [0.717, 1.165) is 24.2 Å². The van der Waals surface area contributed by atoms with Crippen LogP contribution in [-0.2, 0) is 10.0 Å². The molecule has 1 aliphatic rings. The predicted molar refractivity (Wildman–Crippen MR) is 85.7 cm³/mol. The van der Waals surface area contributed by atoms with Crippen LogP contribution in [0.1, 0.15) is 24.8 Å². The number of hydrogen-bond donors (Lipinski definition) is 2. The number of nitrogens with one attached hydrogen (secondary N) is 1. The monoisotopic (exact) mass is 325 g/mol. The van der Waals surface area contributed by atoms with Crippen LogP contribution in [0.4, 0.5) is 0 Å². The maximum absolute atomic E-state index is 12.2. The second-order valence-corrected chi connectivity index (χ2v) is 7.96. The van der Waals surface area contributed by atoms with Crippen LogP contribution in [-0.4, -0.2) is 37.7 Å². The van der Waals surface area contributed by atoms with Gasteiger partial charge in [-0.3, -0.25) is 0 Å². The molecule has 0 bridgehead atoms. The van der Waals surface area contributed by atoms with E-state index in [2.05, 4.69) is 16.6 Å². The summed E-state index contributed by atoms with van der Waals surface area (Å²) < 4.78 is 27.0. The molecule has 6 heteroatoms. The van der Waals surface area contributed by atoms with Gasteiger partial charge in [-0.05, 0) is 42.9 Å². The van der Waals surface area contributed by atoms with Crippen LogP contribution in [0.15, 0.2) is 29.2 Å². The van der Waals surface area contributed by atoms with Crippen molar-refractivity contribution in [3.8, 4) is 11.8 Å². The highest BCUT2D eigenvalue weighted by Gasteiger charge is 2.19. The van der Waals surface area contributed by atoms with Gasteiger partial charge >= 0.3 is 0 Å². The third-order valence-corrected chi connectivity index (χ3v) is 6.00. The Morgan fingerprint density at radius 1 is 1.33 bits per heavy atom. The summed E-state index contributed by atoms with van der Waals surface area (Å²) in [5.74, 6) is 6.80. The van der Waals surface area contributed by atoms with Crippen molar-refractivity contribution >= 4 is 21.8 Å². The normalized spacial score (nSPS) is 18.2. The van der Waals surface area contributed by atoms with E-state index in [-0.39, 0.29) is 11.5 Å². The van der Waals surface area contributed by atoms with Crippen LogP contribution >= 0.6 is 11.8 Å². The number of sulfonamides is 1. The van der Waals surface area contributed by atoms with Crippen LogP contribution in [0.2, 0.25) is 0 Å². The Labute approximate surface area is 130 Å². The lowest BCUT2D eigenvalue weighted by Crippen LogP contribution is -2.29. The van der Waals surface area contributed by atoms with Gasteiger partial charge in [0, 0.05) is 23.8 Å². The number of rotatable bonds is 5. The molecule has 1 unspecified atom stereocenters. The van der Waals surface area contributed by atoms with E-state index in [1.54, 1.807) is 24.3 Å². The molecule has 1 aromatic carbocycles. The zero-order valence-corrected chi connectivity index (χ0v) is 13.3. The minimum Gasteiger partial charge on any atom is -0.395 e. The zero-order valence-electron chi connectivity index (χ0n) is 11.7. The molecule has 1 fully saturated rings. The highest BCUT2D eigenvalue weighted by Crippen LogP contribution is 2.25. The molecule has 1 aromatic rings. The van der Waals surface area contributed by atoms with E-state index in [4.69, 9.17) is 5.11 Å². The van der Waals surface area contributed by atoms with E-state index in [1.165, 1.54) is 0 Å². The van der Waals surface area contributed by atoms with Crippen molar-refractivity contribution in [1.82, 2.24) is 4.72 Å². The quantitative estimate of drug-likeness (QED) is 0.807. The molecule has 1 saturated heterocycles. The van der Waals surface area contributed by atoms with Crippen molar-refractivity contribution in [3.05, 3.63) is 29.8 Å². The topological polar surface area (TPSA) is 66.4 Å². The highest BCUT2D eigenvalue weighted by molar-refractivity contribution is 8.00. The van der Waals surface area contributed by atoms with Crippen LogP contribution in [0.25, 0.3) is 0 Å². The second kappa shape index (κ2) is 7.85. The van der Waals surface area contributed by atoms with Gasteiger partial charge in [-0.1, -0.05) is 11.8 Å². The van der Waals surface area contributed by atoms with Gasteiger partial charge in [0.2, 0.25) is 10.0 Å². The number of hydrogen-bond acceptors (Lipinski definition) is 4. The Morgan fingerprint density at radius 3 is 2.71 bits per heavy atom. The fourth-order valence-corrected chi connectivity index (χ4v) is 4.42. The minimum atomic E-state index is -3.44. The average molecular weight is 325 g/mol. The van der Waals surface area contributed by atoms with Crippen LogP contribution in [0.5, 0.6) is 0 Å². The van der Waals surface area contributed by atoms with Gasteiger partial charge in [0.1, 0.15) is 0 Å². The van der Waals surface area contributed by atoms with E-state index in [9.17, 15) is 8.42 Å². The summed E-state index contributed by atoms with van der Waals surface area (Å²) in [5.41, 5.74) is 0.744. The van der Waals surface area contributed by atoms with Gasteiger partial charge in [0.25, 0.3) is 0 Å². The molecule has 21 heavy (non-hydrogen) atoms. The first-order chi connectivity index (χ1) is 10.1. The molecule has 2 N–H and O–H groups in total. The predicted octanol–water partition coefficient (Wildman–Crippen LogP) is 1.59. The number of thioether (sulfide) groups is 1. The molecule has 4 nitrogen and oxygen atoms in total. The molecule has 114 valence electrons. The Hall–Kier alpha value is -1.00. The standard InChI is InChI=1S/C15H19NO3S2/c17-10-2-1-4-13-6-8-15(9-7-13)21(18,19)16-12-14-5-3-11-20-14/h6-9,14,16-17H,2-3,5,10-12H2. The van der Waals surface area contributed by atoms with Crippen LogP contribution < -0.4 is 4.72 Å².